The second kappa shape index (κ2) is 8.85. The molecule has 194 valence electrons. The second-order valence-electron chi connectivity index (χ2n) is 10.7. The zero-order valence-electron chi connectivity index (χ0n) is 21.4. The fourth-order valence-electron chi connectivity index (χ4n) is 5.21. The van der Waals surface area contributed by atoms with Crippen LogP contribution in [0.15, 0.2) is 29.5 Å². The monoisotopic (exact) mass is 499 g/mol. The smallest absolute Gasteiger partial charge is 0.238 e. The Kier molecular flexibility index (Phi) is 6.07. The molecule has 0 aliphatic carbocycles. The number of likely N-dealkylation sites (tertiary alicyclic amines) is 1. The lowest BCUT2D eigenvalue weighted by Gasteiger charge is -2.45. The van der Waals surface area contributed by atoms with E-state index in [0.717, 1.165) is 36.9 Å². The van der Waals surface area contributed by atoms with Gasteiger partial charge in [-0.2, -0.15) is 0 Å². The van der Waals surface area contributed by atoms with Gasteiger partial charge in [-0.3, -0.25) is 9.89 Å². The Morgan fingerprint density at radius 3 is 2.61 bits per heavy atom. The zero-order valence-corrected chi connectivity index (χ0v) is 21.4. The molecule has 6 rings (SSSR count). The first-order valence-electron chi connectivity index (χ1n) is 12.4. The number of fused-ring (bicyclic) bond motifs is 2. The molecule has 3 aliphatic heterocycles. The lowest BCUT2D eigenvalue weighted by Crippen LogP contribution is -2.59. The van der Waals surface area contributed by atoms with Gasteiger partial charge >= 0.3 is 0 Å². The van der Waals surface area contributed by atoms with E-state index >= 15 is 0 Å². The lowest BCUT2D eigenvalue weighted by atomic mass is 9.73. The van der Waals surface area contributed by atoms with Gasteiger partial charge < -0.3 is 10.5 Å². The predicted molar refractivity (Wildman–Crippen MR) is 138 cm³/mol. The van der Waals surface area contributed by atoms with E-state index in [2.05, 4.69) is 47.7 Å². The Morgan fingerprint density at radius 2 is 2.00 bits per heavy atom. The number of alkyl halides is 1. The van der Waals surface area contributed by atoms with Gasteiger partial charge in [-0.05, 0) is 45.2 Å². The third-order valence-electron chi connectivity index (χ3n) is 8.04. The van der Waals surface area contributed by atoms with Gasteiger partial charge in [0.1, 0.15) is 6.17 Å². The van der Waals surface area contributed by atoms with E-state index in [1.165, 1.54) is 16.9 Å². The molecule has 0 saturated carbocycles. The highest BCUT2D eigenvalue weighted by atomic mass is 19.1. The van der Waals surface area contributed by atoms with Crippen molar-refractivity contribution in [3.63, 3.8) is 0 Å². The van der Waals surface area contributed by atoms with Crippen molar-refractivity contribution in [3.8, 4) is 11.3 Å². The lowest BCUT2D eigenvalue weighted by molar-refractivity contribution is -0.124. The summed E-state index contributed by atoms with van der Waals surface area (Å²) in [4.78, 5) is 15.6. The topological polar surface area (TPSA) is 93.9 Å². The fraction of sp³-hybridized carbons (Fsp3) is 0.538. The van der Waals surface area contributed by atoms with Crippen molar-refractivity contribution in [1.29, 1.82) is 0 Å². The number of ether oxygens (including phenoxy) is 1. The van der Waals surface area contributed by atoms with E-state index in [9.17, 15) is 8.78 Å². The molecule has 0 spiro atoms. The highest BCUT2D eigenvalue weighted by Gasteiger charge is 2.43. The van der Waals surface area contributed by atoms with Gasteiger partial charge in [0.25, 0.3) is 0 Å². The van der Waals surface area contributed by atoms with Gasteiger partial charge in [0, 0.05) is 20.2 Å². The Bertz CT molecular complexity index is 1340. The maximum Gasteiger partial charge on any atom is 0.238 e. The minimum absolute atomic E-state index is 0. The summed E-state index contributed by atoms with van der Waals surface area (Å²) in [5.41, 5.74) is 9.68. The Labute approximate surface area is 211 Å². The van der Waals surface area contributed by atoms with Crippen LogP contribution < -0.4 is 5.73 Å². The van der Waals surface area contributed by atoms with Gasteiger partial charge in [0.05, 0.1) is 64.7 Å². The van der Waals surface area contributed by atoms with E-state index in [4.69, 9.17) is 15.5 Å². The molecular weight excluding hydrogens is 464 g/mol. The third-order valence-corrected chi connectivity index (χ3v) is 8.04. The zero-order chi connectivity index (χ0) is 25.8. The molecule has 2 fully saturated rings. The van der Waals surface area contributed by atoms with Gasteiger partial charge in [-0.15, -0.1) is 5.10 Å². The summed E-state index contributed by atoms with van der Waals surface area (Å²) < 4.78 is 33.9. The molecule has 3 aromatic heterocycles. The Hall–Kier alpha value is -2.98. The molecule has 8 nitrogen and oxygen atoms in total. The molecule has 2 saturated heterocycles. The number of nitrogens with two attached hydrogens (primary N) is 1. The number of halogens is 2. The largest absolute Gasteiger partial charge is 0.377 e. The first-order valence-corrected chi connectivity index (χ1v) is 12.4. The molecule has 2 atom stereocenters. The van der Waals surface area contributed by atoms with Crippen LogP contribution >= 0.6 is 0 Å². The number of hydrogen-bond donors (Lipinski definition) is 1. The standard InChI is InChI=1S/C18H19FN6.C8H14FNO.H2/c1-9(2)18(4)10(3)22-13-6-5-12(23-16(13)18)15-11(19)8-25-14(15)7-21-17(20)24-25;1-8(5-11-6-8)10-3-2-7(9)4-10;/h5-9H,1-4H3,(H2,20,24);7H,2-6H2,1H3;1H/t;7-;/m.1./s1. The van der Waals surface area contributed by atoms with Crippen LogP contribution in [0.25, 0.3) is 16.8 Å². The van der Waals surface area contributed by atoms with E-state index in [-0.39, 0.29) is 18.3 Å². The number of aromatic nitrogens is 4. The minimum atomic E-state index is -0.604. The molecule has 1 unspecified atom stereocenters. The molecule has 6 heterocycles. The molecular formula is C26H35F2N7O. The van der Waals surface area contributed by atoms with Crippen LogP contribution in [0.2, 0.25) is 0 Å². The summed E-state index contributed by atoms with van der Waals surface area (Å²) in [6, 6.07) is 3.69. The molecule has 2 N–H and O–H groups in total. The van der Waals surface area contributed by atoms with Crippen molar-refractivity contribution in [1.82, 2.24) is 24.5 Å². The number of nitrogen functional groups attached to an aromatic ring is 1. The summed E-state index contributed by atoms with van der Waals surface area (Å²) in [6.07, 6.45) is 2.91. The van der Waals surface area contributed by atoms with Crippen molar-refractivity contribution in [3.05, 3.63) is 36.0 Å². The normalized spacial score (nSPS) is 24.9. The molecule has 0 aromatic carbocycles. The summed E-state index contributed by atoms with van der Waals surface area (Å²) in [5, 5.41) is 4.02. The Balaban J connectivity index is 0.000000224. The van der Waals surface area contributed by atoms with E-state index < -0.39 is 12.0 Å². The molecule has 3 aliphatic rings. The minimum Gasteiger partial charge on any atom is -0.377 e. The summed E-state index contributed by atoms with van der Waals surface area (Å²) in [7, 11) is 0. The van der Waals surface area contributed by atoms with Crippen molar-refractivity contribution in [2.24, 2.45) is 10.9 Å². The molecule has 3 aromatic rings. The van der Waals surface area contributed by atoms with Crippen LogP contribution in [0.5, 0.6) is 0 Å². The van der Waals surface area contributed by atoms with Gasteiger partial charge in [0.15, 0.2) is 5.82 Å². The number of anilines is 1. The van der Waals surface area contributed by atoms with Crippen LogP contribution in [0.1, 0.15) is 48.2 Å². The maximum absolute atomic E-state index is 14.6. The molecule has 0 bridgehead atoms. The van der Waals surface area contributed by atoms with E-state index in [1.807, 2.05) is 13.0 Å². The van der Waals surface area contributed by atoms with Crippen LogP contribution in [-0.2, 0) is 10.2 Å². The van der Waals surface area contributed by atoms with Gasteiger partial charge in [0.2, 0.25) is 5.95 Å². The van der Waals surface area contributed by atoms with Crippen LogP contribution in [-0.4, -0.2) is 68.2 Å². The number of rotatable bonds is 3. The summed E-state index contributed by atoms with van der Waals surface area (Å²) in [5.74, 6) is 0.000572. The number of pyridine rings is 1. The quantitative estimate of drug-likeness (QED) is 0.566. The van der Waals surface area contributed by atoms with Crippen molar-refractivity contribution in [2.45, 2.75) is 58.2 Å². The van der Waals surface area contributed by atoms with Crippen molar-refractivity contribution >= 4 is 22.9 Å². The molecule has 0 amide bonds. The number of aliphatic imine (C=N–C) groups is 1. The predicted octanol–water partition coefficient (Wildman–Crippen LogP) is 4.60. The van der Waals surface area contributed by atoms with Crippen molar-refractivity contribution < 1.29 is 14.9 Å². The van der Waals surface area contributed by atoms with E-state index in [0.29, 0.717) is 35.7 Å². The average molecular weight is 500 g/mol. The van der Waals surface area contributed by atoms with E-state index in [1.54, 1.807) is 6.07 Å². The average Bonchev–Trinajstić information content (AvgIpc) is 3.46. The number of nitrogens with zero attached hydrogens (tertiary/aromatic N) is 6. The first-order chi connectivity index (χ1) is 17.0. The van der Waals surface area contributed by atoms with Gasteiger partial charge in [-0.1, -0.05) is 13.8 Å². The Morgan fingerprint density at radius 1 is 1.25 bits per heavy atom. The maximum atomic E-state index is 14.6. The SMILES string of the molecule is CC1(N2CC[C@@H](F)C2)COC1.CC1=Nc2ccc(-c3c(F)cn4nc(N)ncc34)nc2C1(C)C(C)C.[HH]. The molecule has 36 heavy (non-hydrogen) atoms. The first kappa shape index (κ1) is 24.7. The second-order valence-corrected chi connectivity index (χ2v) is 10.7. The van der Waals surface area contributed by atoms with Gasteiger partial charge in [-0.25, -0.2) is 23.3 Å². The summed E-state index contributed by atoms with van der Waals surface area (Å²) in [6.45, 7) is 13.7. The highest BCUT2D eigenvalue weighted by Crippen LogP contribution is 2.44. The highest BCUT2D eigenvalue weighted by molar-refractivity contribution is 5.99. The van der Waals surface area contributed by atoms with Crippen LogP contribution in [0, 0.1) is 11.7 Å². The van der Waals surface area contributed by atoms with Crippen molar-refractivity contribution in [2.75, 3.05) is 32.0 Å². The summed E-state index contributed by atoms with van der Waals surface area (Å²) >= 11 is 0. The molecule has 0 radical (unpaired) electrons. The molecule has 10 heteroatoms. The fourth-order valence-corrected chi connectivity index (χ4v) is 5.21. The van der Waals surface area contributed by atoms with Crippen LogP contribution in [0.4, 0.5) is 20.4 Å². The number of hydrogen-bond acceptors (Lipinski definition) is 7. The third kappa shape index (κ3) is 3.96. The van der Waals surface area contributed by atoms with Crippen LogP contribution in [0.3, 0.4) is 0 Å².